The summed E-state index contributed by atoms with van der Waals surface area (Å²) in [4.78, 5) is 25.9. The Hall–Kier alpha value is -2.08. The van der Waals surface area contributed by atoms with Gasteiger partial charge in [0.1, 0.15) is 6.61 Å². The normalized spacial score (nSPS) is 29.2. The van der Waals surface area contributed by atoms with Crippen LogP contribution in [0, 0.1) is 17.8 Å². The molecule has 6 heteroatoms. The highest BCUT2D eigenvalue weighted by Gasteiger charge is 2.60. The highest BCUT2D eigenvalue weighted by molar-refractivity contribution is 5.76. The van der Waals surface area contributed by atoms with Crippen molar-refractivity contribution in [2.24, 2.45) is 17.8 Å². The van der Waals surface area contributed by atoms with Gasteiger partial charge in [0.15, 0.2) is 0 Å². The molecule has 1 saturated heterocycles. The molecule has 0 N–H and O–H groups in total. The van der Waals surface area contributed by atoms with Crippen molar-refractivity contribution in [3.63, 3.8) is 0 Å². The molecule has 1 aromatic rings. The van der Waals surface area contributed by atoms with Crippen molar-refractivity contribution in [3.8, 4) is 0 Å². The molecule has 28 heavy (non-hydrogen) atoms. The fourth-order valence-corrected chi connectivity index (χ4v) is 4.75. The molecule has 4 rings (SSSR count). The van der Waals surface area contributed by atoms with E-state index in [0.717, 1.165) is 31.2 Å². The molecule has 152 valence electrons. The number of hydrogen-bond donors (Lipinski definition) is 0. The Balaban J connectivity index is 1.14. The maximum absolute atomic E-state index is 12.2. The van der Waals surface area contributed by atoms with Gasteiger partial charge in [-0.25, -0.2) is 4.79 Å². The molecule has 2 unspecified atom stereocenters. The van der Waals surface area contributed by atoms with E-state index in [-0.39, 0.29) is 30.2 Å². The second kappa shape index (κ2) is 8.52. The Kier molecular flexibility index (Phi) is 5.85. The van der Waals surface area contributed by atoms with Crippen LogP contribution in [0.4, 0.5) is 4.79 Å². The summed E-state index contributed by atoms with van der Waals surface area (Å²) in [5.41, 5.74) is 0.995. The Morgan fingerprint density at radius 3 is 2.32 bits per heavy atom. The van der Waals surface area contributed by atoms with Crippen LogP contribution in [0.15, 0.2) is 30.3 Å². The van der Waals surface area contributed by atoms with Gasteiger partial charge >= 0.3 is 12.1 Å². The summed E-state index contributed by atoms with van der Waals surface area (Å²) in [6, 6.07) is 9.72. The van der Waals surface area contributed by atoms with E-state index < -0.39 is 0 Å². The van der Waals surface area contributed by atoms with Gasteiger partial charge in [0.05, 0.1) is 24.7 Å². The molecule has 1 amide bonds. The SMILES string of the molecule is CCOC(=O)C1C2CC(OC3CCN(C(=O)OCc4ccccc4)CC3)CC21. The van der Waals surface area contributed by atoms with Crippen molar-refractivity contribution >= 4 is 12.1 Å². The van der Waals surface area contributed by atoms with E-state index in [4.69, 9.17) is 14.2 Å². The van der Waals surface area contributed by atoms with Gasteiger partial charge in [-0.15, -0.1) is 0 Å². The van der Waals surface area contributed by atoms with E-state index >= 15 is 0 Å². The molecule has 6 nitrogen and oxygen atoms in total. The van der Waals surface area contributed by atoms with Crippen LogP contribution in [0.3, 0.4) is 0 Å². The lowest BCUT2D eigenvalue weighted by atomic mass is 10.1. The molecule has 2 aliphatic carbocycles. The largest absolute Gasteiger partial charge is 0.466 e. The average molecular weight is 387 g/mol. The zero-order valence-corrected chi connectivity index (χ0v) is 16.4. The first-order valence-electron chi connectivity index (χ1n) is 10.4. The van der Waals surface area contributed by atoms with Crippen molar-refractivity contribution in [3.05, 3.63) is 35.9 Å². The van der Waals surface area contributed by atoms with Gasteiger partial charge < -0.3 is 19.1 Å². The van der Waals surface area contributed by atoms with Gasteiger partial charge in [-0.05, 0) is 50.0 Å². The van der Waals surface area contributed by atoms with Crippen molar-refractivity contribution in [2.75, 3.05) is 19.7 Å². The topological polar surface area (TPSA) is 65.1 Å². The van der Waals surface area contributed by atoms with E-state index in [9.17, 15) is 9.59 Å². The number of esters is 1. The minimum absolute atomic E-state index is 0.0294. The Bertz CT molecular complexity index is 673. The van der Waals surface area contributed by atoms with Gasteiger partial charge in [-0.1, -0.05) is 30.3 Å². The molecule has 2 saturated carbocycles. The fraction of sp³-hybridized carbons (Fsp3) is 0.636. The monoisotopic (exact) mass is 387 g/mol. The predicted octanol–water partition coefficient (Wildman–Crippen LogP) is 3.39. The summed E-state index contributed by atoms with van der Waals surface area (Å²) in [6.45, 7) is 3.96. The van der Waals surface area contributed by atoms with Crippen molar-refractivity contribution in [1.82, 2.24) is 4.90 Å². The number of amides is 1. The third-order valence-electron chi connectivity index (χ3n) is 6.25. The zero-order valence-electron chi connectivity index (χ0n) is 16.4. The van der Waals surface area contributed by atoms with Crippen LogP contribution in [0.25, 0.3) is 0 Å². The van der Waals surface area contributed by atoms with E-state index in [1.54, 1.807) is 4.90 Å². The van der Waals surface area contributed by atoms with Crippen LogP contribution in [0.2, 0.25) is 0 Å². The molecule has 3 aliphatic rings. The number of likely N-dealkylation sites (tertiary alicyclic amines) is 1. The zero-order chi connectivity index (χ0) is 19.5. The summed E-state index contributed by atoms with van der Waals surface area (Å²) >= 11 is 0. The highest BCUT2D eigenvalue weighted by Crippen LogP contribution is 2.58. The van der Waals surface area contributed by atoms with E-state index in [2.05, 4.69) is 0 Å². The van der Waals surface area contributed by atoms with Crippen molar-refractivity contribution < 1.29 is 23.8 Å². The molecule has 3 fully saturated rings. The van der Waals surface area contributed by atoms with Gasteiger partial charge in [-0.3, -0.25) is 4.79 Å². The predicted molar refractivity (Wildman–Crippen MR) is 102 cm³/mol. The van der Waals surface area contributed by atoms with Gasteiger partial charge in [0, 0.05) is 13.1 Å². The first kappa shape index (κ1) is 19.2. The Morgan fingerprint density at radius 1 is 1.00 bits per heavy atom. The number of rotatable bonds is 6. The standard InChI is InChI=1S/C22H29NO5/c1-2-26-21(24)20-18-12-17(13-19(18)20)28-16-8-10-23(11-9-16)22(25)27-14-15-6-4-3-5-7-15/h3-7,16-20H,2,8-14H2,1H3. The molecule has 1 heterocycles. The van der Waals surface area contributed by atoms with Gasteiger partial charge in [0.2, 0.25) is 0 Å². The molecule has 0 aromatic heterocycles. The maximum atomic E-state index is 12.2. The number of fused-ring (bicyclic) bond motifs is 1. The lowest BCUT2D eigenvalue weighted by molar-refractivity contribution is -0.146. The fourth-order valence-electron chi connectivity index (χ4n) is 4.75. The van der Waals surface area contributed by atoms with Crippen LogP contribution in [0.1, 0.15) is 38.2 Å². The van der Waals surface area contributed by atoms with Gasteiger partial charge in [-0.2, -0.15) is 0 Å². The third kappa shape index (κ3) is 4.32. The van der Waals surface area contributed by atoms with E-state index in [1.807, 2.05) is 37.3 Å². The highest BCUT2D eigenvalue weighted by atomic mass is 16.6. The molecular weight excluding hydrogens is 358 g/mol. The Labute approximate surface area is 166 Å². The number of nitrogens with zero attached hydrogens (tertiary/aromatic N) is 1. The van der Waals surface area contributed by atoms with Crippen molar-refractivity contribution in [2.45, 2.75) is 51.4 Å². The number of carbonyl (C=O) groups excluding carboxylic acids is 2. The number of carbonyl (C=O) groups is 2. The summed E-state index contributed by atoms with van der Waals surface area (Å²) in [7, 11) is 0. The van der Waals surface area contributed by atoms with Gasteiger partial charge in [0.25, 0.3) is 0 Å². The summed E-state index contributed by atoms with van der Waals surface area (Å²) in [5.74, 6) is 0.994. The van der Waals surface area contributed by atoms with Crippen LogP contribution >= 0.6 is 0 Å². The molecule has 0 bridgehead atoms. The first-order valence-corrected chi connectivity index (χ1v) is 10.4. The number of ether oxygens (including phenoxy) is 3. The third-order valence-corrected chi connectivity index (χ3v) is 6.25. The van der Waals surface area contributed by atoms with Crippen LogP contribution < -0.4 is 0 Å². The number of piperidine rings is 1. The second-order valence-electron chi connectivity index (χ2n) is 8.06. The van der Waals surface area contributed by atoms with Crippen LogP contribution in [-0.4, -0.2) is 48.9 Å². The lowest BCUT2D eigenvalue weighted by Crippen LogP contribution is -2.42. The van der Waals surface area contributed by atoms with Crippen LogP contribution in [-0.2, 0) is 25.6 Å². The Morgan fingerprint density at radius 2 is 1.68 bits per heavy atom. The molecule has 0 spiro atoms. The minimum atomic E-state index is -0.248. The number of benzene rings is 1. The number of hydrogen-bond acceptors (Lipinski definition) is 5. The second-order valence-corrected chi connectivity index (χ2v) is 8.06. The molecule has 2 atom stereocenters. The summed E-state index contributed by atoms with van der Waals surface area (Å²) in [6.07, 6.45) is 3.81. The minimum Gasteiger partial charge on any atom is -0.466 e. The maximum Gasteiger partial charge on any atom is 0.410 e. The smallest absolute Gasteiger partial charge is 0.410 e. The summed E-state index contributed by atoms with van der Waals surface area (Å²) in [5, 5.41) is 0. The molecular formula is C22H29NO5. The summed E-state index contributed by atoms with van der Waals surface area (Å²) < 4.78 is 16.8. The average Bonchev–Trinajstić information content (AvgIpc) is 3.23. The molecule has 1 aromatic carbocycles. The quantitative estimate of drug-likeness (QED) is 0.700. The van der Waals surface area contributed by atoms with Crippen LogP contribution in [0.5, 0.6) is 0 Å². The van der Waals surface area contributed by atoms with E-state index in [0.29, 0.717) is 38.1 Å². The van der Waals surface area contributed by atoms with Crippen molar-refractivity contribution in [1.29, 1.82) is 0 Å². The molecule has 1 aliphatic heterocycles. The van der Waals surface area contributed by atoms with E-state index in [1.165, 1.54) is 0 Å². The molecule has 0 radical (unpaired) electrons. The lowest BCUT2D eigenvalue weighted by Gasteiger charge is -2.33. The first-order chi connectivity index (χ1) is 13.7.